The Morgan fingerprint density at radius 1 is 1.24 bits per heavy atom. The number of aromatic nitrogens is 1. The molecule has 1 aromatic heterocycles. The van der Waals surface area contributed by atoms with Crippen molar-refractivity contribution in [2.24, 2.45) is 0 Å². The smallest absolute Gasteiger partial charge is 0.233 e. The molecule has 0 saturated heterocycles. The maximum Gasteiger partial charge on any atom is 0.233 e. The van der Waals surface area contributed by atoms with E-state index in [9.17, 15) is 0 Å². The second kappa shape index (κ2) is 5.25. The molecule has 0 unspecified atom stereocenters. The summed E-state index contributed by atoms with van der Waals surface area (Å²) in [6.07, 6.45) is 1.64. The lowest BCUT2D eigenvalue weighted by Gasteiger charge is -2.08. The van der Waals surface area contributed by atoms with Crippen LogP contribution in [-0.4, -0.2) is 4.98 Å². The van der Waals surface area contributed by atoms with Crippen LogP contribution < -0.4 is 10.5 Å². The molecule has 0 saturated carbocycles. The molecule has 2 N–H and O–H groups in total. The van der Waals surface area contributed by atoms with Gasteiger partial charge in [0.1, 0.15) is 5.75 Å². The largest absolute Gasteiger partial charge is 0.436 e. The molecule has 0 fully saturated rings. The molecule has 2 rings (SSSR count). The SMILES string of the molecule is Nc1ccc(Oc2ncc(Br)cc2Br)c(Cl)c1. The Morgan fingerprint density at radius 2 is 2.00 bits per heavy atom. The van der Waals surface area contributed by atoms with E-state index in [2.05, 4.69) is 36.8 Å². The van der Waals surface area contributed by atoms with Crippen molar-refractivity contribution < 1.29 is 4.74 Å². The zero-order chi connectivity index (χ0) is 12.4. The van der Waals surface area contributed by atoms with Crippen LogP contribution in [0.25, 0.3) is 0 Å². The van der Waals surface area contributed by atoms with Gasteiger partial charge >= 0.3 is 0 Å². The van der Waals surface area contributed by atoms with Crippen molar-refractivity contribution in [3.05, 3.63) is 44.4 Å². The lowest BCUT2D eigenvalue weighted by atomic mass is 10.3. The van der Waals surface area contributed by atoms with Crippen LogP contribution in [0.15, 0.2) is 39.4 Å². The van der Waals surface area contributed by atoms with Gasteiger partial charge in [0, 0.05) is 16.4 Å². The van der Waals surface area contributed by atoms with Crippen LogP contribution in [0.1, 0.15) is 0 Å². The molecule has 6 heteroatoms. The summed E-state index contributed by atoms with van der Waals surface area (Å²) in [7, 11) is 0. The van der Waals surface area contributed by atoms with Crippen molar-refractivity contribution in [3.8, 4) is 11.6 Å². The minimum absolute atomic E-state index is 0.444. The number of pyridine rings is 1. The van der Waals surface area contributed by atoms with Gasteiger partial charge in [-0.2, -0.15) is 0 Å². The van der Waals surface area contributed by atoms with Gasteiger partial charge in [-0.15, -0.1) is 0 Å². The fourth-order valence-electron chi connectivity index (χ4n) is 1.18. The standard InChI is InChI=1S/C11H7Br2ClN2O/c12-6-3-8(13)11(16-5-6)17-10-2-1-7(15)4-9(10)14/h1-5H,15H2. The van der Waals surface area contributed by atoms with E-state index in [1.165, 1.54) is 0 Å². The first kappa shape index (κ1) is 12.7. The molecule has 0 atom stereocenters. The van der Waals surface area contributed by atoms with Gasteiger partial charge in [0.2, 0.25) is 5.88 Å². The summed E-state index contributed by atoms with van der Waals surface area (Å²) < 4.78 is 7.18. The second-order valence-corrected chi connectivity index (χ2v) is 5.41. The Labute approximate surface area is 120 Å². The van der Waals surface area contributed by atoms with Gasteiger partial charge in [-0.25, -0.2) is 4.98 Å². The Kier molecular flexibility index (Phi) is 3.91. The van der Waals surface area contributed by atoms with Gasteiger partial charge in [-0.05, 0) is 56.1 Å². The van der Waals surface area contributed by atoms with Crippen molar-refractivity contribution in [1.29, 1.82) is 0 Å². The van der Waals surface area contributed by atoms with Crippen molar-refractivity contribution >= 4 is 49.1 Å². The van der Waals surface area contributed by atoms with E-state index in [1.807, 2.05) is 6.07 Å². The highest BCUT2D eigenvalue weighted by atomic mass is 79.9. The van der Waals surface area contributed by atoms with E-state index >= 15 is 0 Å². The zero-order valence-corrected chi connectivity index (χ0v) is 12.4. The molecular formula is C11H7Br2ClN2O. The summed E-state index contributed by atoms with van der Waals surface area (Å²) >= 11 is 12.7. The van der Waals surface area contributed by atoms with Crippen LogP contribution in [-0.2, 0) is 0 Å². The molecule has 3 nitrogen and oxygen atoms in total. The van der Waals surface area contributed by atoms with Crippen LogP contribution in [0.4, 0.5) is 5.69 Å². The predicted molar refractivity (Wildman–Crippen MR) is 75.6 cm³/mol. The predicted octanol–water partition coefficient (Wildman–Crippen LogP) is 4.63. The maximum atomic E-state index is 6.01. The number of rotatable bonds is 2. The molecule has 0 amide bonds. The van der Waals surface area contributed by atoms with E-state index in [0.717, 1.165) is 8.95 Å². The lowest BCUT2D eigenvalue weighted by molar-refractivity contribution is 0.460. The van der Waals surface area contributed by atoms with E-state index in [1.54, 1.807) is 24.4 Å². The first-order chi connectivity index (χ1) is 8.06. The third-order valence-corrected chi connectivity index (χ3v) is 3.23. The minimum atomic E-state index is 0.444. The molecule has 1 aromatic carbocycles. The summed E-state index contributed by atoms with van der Waals surface area (Å²) in [5.41, 5.74) is 6.19. The van der Waals surface area contributed by atoms with Crippen LogP contribution in [0, 0.1) is 0 Å². The summed E-state index contributed by atoms with van der Waals surface area (Å²) in [4.78, 5) is 4.13. The molecule has 88 valence electrons. The maximum absolute atomic E-state index is 6.01. The molecule has 0 aliphatic heterocycles. The summed E-state index contributed by atoms with van der Waals surface area (Å²) in [5.74, 6) is 0.955. The average molecular weight is 378 g/mol. The van der Waals surface area contributed by atoms with Crippen LogP contribution >= 0.6 is 43.5 Å². The summed E-state index contributed by atoms with van der Waals surface area (Å²) in [5, 5.41) is 0.446. The molecular weight excluding hydrogens is 371 g/mol. The fraction of sp³-hybridized carbons (Fsp3) is 0. The van der Waals surface area contributed by atoms with Crippen molar-refractivity contribution in [3.63, 3.8) is 0 Å². The number of nitrogen functional groups attached to an aromatic ring is 1. The number of halogens is 3. The number of anilines is 1. The lowest BCUT2D eigenvalue weighted by Crippen LogP contribution is -1.91. The third kappa shape index (κ3) is 3.12. The second-order valence-electron chi connectivity index (χ2n) is 3.23. The van der Waals surface area contributed by atoms with Crippen LogP contribution in [0.3, 0.4) is 0 Å². The van der Waals surface area contributed by atoms with Crippen molar-refractivity contribution in [1.82, 2.24) is 4.98 Å². The van der Waals surface area contributed by atoms with Crippen LogP contribution in [0.5, 0.6) is 11.6 Å². The molecule has 0 spiro atoms. The highest BCUT2D eigenvalue weighted by Crippen LogP contribution is 2.34. The van der Waals surface area contributed by atoms with E-state index < -0.39 is 0 Å². The van der Waals surface area contributed by atoms with Gasteiger partial charge in [0.25, 0.3) is 0 Å². The first-order valence-electron chi connectivity index (χ1n) is 4.60. The average Bonchev–Trinajstić information content (AvgIpc) is 2.25. The number of hydrogen-bond donors (Lipinski definition) is 1. The van der Waals surface area contributed by atoms with Gasteiger partial charge in [0.15, 0.2) is 0 Å². The molecule has 0 bridgehead atoms. The molecule has 0 aliphatic rings. The van der Waals surface area contributed by atoms with E-state index in [-0.39, 0.29) is 0 Å². The van der Waals surface area contributed by atoms with E-state index in [4.69, 9.17) is 22.1 Å². The van der Waals surface area contributed by atoms with Gasteiger partial charge in [-0.3, -0.25) is 0 Å². The molecule has 0 aliphatic carbocycles. The molecule has 1 heterocycles. The number of benzene rings is 1. The Hall–Kier alpha value is -0.780. The van der Waals surface area contributed by atoms with Gasteiger partial charge < -0.3 is 10.5 Å². The monoisotopic (exact) mass is 376 g/mol. The van der Waals surface area contributed by atoms with Gasteiger partial charge in [0.05, 0.1) is 9.50 Å². The van der Waals surface area contributed by atoms with Crippen molar-refractivity contribution in [2.75, 3.05) is 5.73 Å². The number of nitrogens with zero attached hydrogens (tertiary/aromatic N) is 1. The Bertz CT molecular complexity index is 514. The zero-order valence-electron chi connectivity index (χ0n) is 8.45. The number of ether oxygens (including phenoxy) is 1. The fourth-order valence-corrected chi connectivity index (χ4v) is 2.48. The molecule has 0 radical (unpaired) electrons. The van der Waals surface area contributed by atoms with Crippen LogP contribution in [0.2, 0.25) is 5.02 Å². The molecule has 17 heavy (non-hydrogen) atoms. The summed E-state index contributed by atoms with van der Waals surface area (Å²) in [6, 6.07) is 6.89. The quantitative estimate of drug-likeness (QED) is 0.775. The topological polar surface area (TPSA) is 48.1 Å². The Morgan fingerprint density at radius 3 is 2.65 bits per heavy atom. The number of nitrogens with two attached hydrogens (primary N) is 1. The normalized spacial score (nSPS) is 10.3. The molecule has 2 aromatic rings. The minimum Gasteiger partial charge on any atom is -0.436 e. The Balaban J connectivity index is 2.31. The highest BCUT2D eigenvalue weighted by Gasteiger charge is 2.08. The van der Waals surface area contributed by atoms with Gasteiger partial charge in [-0.1, -0.05) is 11.6 Å². The number of hydrogen-bond acceptors (Lipinski definition) is 3. The van der Waals surface area contributed by atoms with E-state index in [0.29, 0.717) is 22.3 Å². The first-order valence-corrected chi connectivity index (χ1v) is 6.56. The highest BCUT2D eigenvalue weighted by molar-refractivity contribution is 9.11. The third-order valence-electron chi connectivity index (χ3n) is 1.94. The summed E-state index contributed by atoms with van der Waals surface area (Å²) in [6.45, 7) is 0. The van der Waals surface area contributed by atoms with Crippen molar-refractivity contribution in [2.45, 2.75) is 0 Å².